The molecule has 0 amide bonds. The van der Waals surface area contributed by atoms with Crippen LogP contribution in [0.25, 0.3) is 11.1 Å². The van der Waals surface area contributed by atoms with Gasteiger partial charge in [-0.2, -0.15) is 0 Å². The van der Waals surface area contributed by atoms with Crippen LogP contribution in [0.1, 0.15) is 16.7 Å². The maximum Gasteiger partial charge on any atom is 0.0755 e. The number of hydrogen-bond acceptors (Lipinski definition) is 1. The molecule has 1 nitrogen and oxygen atoms in total. The minimum atomic E-state index is 0.745. The molecule has 0 heterocycles. The van der Waals surface area contributed by atoms with Crippen LogP contribution in [0.4, 0.5) is 0 Å². The van der Waals surface area contributed by atoms with Crippen LogP contribution in [-0.2, 0) is 12.8 Å². The Bertz CT molecular complexity index is 675. The predicted molar refractivity (Wildman–Crippen MR) is 85.6 cm³/mol. The van der Waals surface area contributed by atoms with Gasteiger partial charge in [0.2, 0.25) is 0 Å². The summed E-state index contributed by atoms with van der Waals surface area (Å²) in [7, 11) is 0. The van der Waals surface area contributed by atoms with Crippen LogP contribution in [0.5, 0.6) is 0 Å². The number of hydrogen-bond donors (Lipinski definition) is 1. The Kier molecular flexibility index (Phi) is 3.50. The van der Waals surface area contributed by atoms with E-state index in [0.29, 0.717) is 0 Å². The molecule has 1 aliphatic carbocycles. The first kappa shape index (κ1) is 12.9. The van der Waals surface area contributed by atoms with E-state index in [-0.39, 0.29) is 0 Å². The van der Waals surface area contributed by atoms with Crippen molar-refractivity contribution in [2.75, 3.05) is 0 Å². The molecule has 0 saturated heterocycles. The number of halogens is 2. The van der Waals surface area contributed by atoms with Gasteiger partial charge >= 0.3 is 0 Å². The van der Waals surface area contributed by atoms with Gasteiger partial charge < -0.3 is 5.11 Å². The fraction of sp³-hybridized carbons (Fsp3) is 0.125. The van der Waals surface area contributed by atoms with Crippen LogP contribution in [0.2, 0.25) is 0 Å². The molecule has 0 fully saturated rings. The summed E-state index contributed by atoms with van der Waals surface area (Å²) in [6.45, 7) is 0. The van der Waals surface area contributed by atoms with E-state index in [1.165, 1.54) is 27.8 Å². The van der Waals surface area contributed by atoms with E-state index < -0.39 is 0 Å². The van der Waals surface area contributed by atoms with Crippen molar-refractivity contribution < 1.29 is 5.11 Å². The first-order valence-electron chi connectivity index (χ1n) is 6.09. The lowest BCUT2D eigenvalue weighted by molar-refractivity contribution is 0.471. The Labute approximate surface area is 129 Å². The molecular weight excluding hydrogens is 368 g/mol. The molecule has 19 heavy (non-hydrogen) atoms. The molecular formula is C16H12Br2O. The van der Waals surface area contributed by atoms with E-state index in [2.05, 4.69) is 62.2 Å². The van der Waals surface area contributed by atoms with Crippen molar-refractivity contribution in [1.29, 1.82) is 0 Å². The minimum absolute atomic E-state index is 0.745. The standard InChI is InChI=1S/C16H12Br2O/c17-11-3-4-12-10(8-11)9-15-13(12)5-6-16(18)14(15)2-1-7-19/h1,3-8,19H,2,9H2. The molecule has 0 aliphatic heterocycles. The number of benzene rings is 2. The maximum atomic E-state index is 8.87. The van der Waals surface area contributed by atoms with Crippen LogP contribution in [-0.4, -0.2) is 5.11 Å². The van der Waals surface area contributed by atoms with E-state index in [1.807, 2.05) is 0 Å². The van der Waals surface area contributed by atoms with Crippen LogP contribution < -0.4 is 0 Å². The molecule has 0 spiro atoms. The van der Waals surface area contributed by atoms with E-state index >= 15 is 0 Å². The zero-order chi connectivity index (χ0) is 13.4. The molecule has 2 aromatic rings. The quantitative estimate of drug-likeness (QED) is 0.591. The zero-order valence-electron chi connectivity index (χ0n) is 10.2. The molecule has 2 aromatic carbocycles. The summed E-state index contributed by atoms with van der Waals surface area (Å²) in [5, 5.41) is 8.87. The smallest absolute Gasteiger partial charge is 0.0755 e. The summed E-state index contributed by atoms with van der Waals surface area (Å²) in [6.07, 6.45) is 4.59. The first-order chi connectivity index (χ1) is 9.20. The summed E-state index contributed by atoms with van der Waals surface area (Å²) in [5.74, 6) is 0. The third-order valence-corrected chi connectivity index (χ3v) is 4.76. The third kappa shape index (κ3) is 2.26. The maximum absolute atomic E-state index is 8.87. The number of rotatable bonds is 2. The Morgan fingerprint density at radius 2 is 1.89 bits per heavy atom. The zero-order valence-corrected chi connectivity index (χ0v) is 13.3. The lowest BCUT2D eigenvalue weighted by Crippen LogP contribution is -1.93. The van der Waals surface area contributed by atoms with Gasteiger partial charge in [0, 0.05) is 8.95 Å². The first-order valence-corrected chi connectivity index (χ1v) is 7.67. The SMILES string of the molecule is OC=CCc1c(Br)ccc2c1Cc1cc(Br)ccc1-2. The summed E-state index contributed by atoms with van der Waals surface area (Å²) in [6, 6.07) is 10.7. The molecule has 0 bridgehead atoms. The van der Waals surface area contributed by atoms with E-state index in [4.69, 9.17) is 5.11 Å². The van der Waals surface area contributed by atoms with Crippen molar-refractivity contribution >= 4 is 31.9 Å². The van der Waals surface area contributed by atoms with Gasteiger partial charge in [0.05, 0.1) is 6.26 Å². The highest BCUT2D eigenvalue weighted by molar-refractivity contribution is 9.10. The van der Waals surface area contributed by atoms with Crippen molar-refractivity contribution in [3.05, 3.63) is 68.3 Å². The van der Waals surface area contributed by atoms with E-state index in [1.54, 1.807) is 6.08 Å². The summed E-state index contributed by atoms with van der Waals surface area (Å²) >= 11 is 7.15. The predicted octanol–water partition coefficient (Wildman–Crippen LogP) is 5.40. The van der Waals surface area contributed by atoms with Gasteiger partial charge in [-0.3, -0.25) is 0 Å². The Morgan fingerprint density at radius 1 is 1.11 bits per heavy atom. The average Bonchev–Trinajstić information content (AvgIpc) is 2.75. The van der Waals surface area contributed by atoms with Crippen molar-refractivity contribution in [2.45, 2.75) is 12.8 Å². The average molecular weight is 380 g/mol. The number of aliphatic hydroxyl groups is 1. The molecule has 0 saturated carbocycles. The summed E-state index contributed by atoms with van der Waals surface area (Å²) in [4.78, 5) is 0. The minimum Gasteiger partial charge on any atom is -0.516 e. The Balaban J connectivity index is 2.15. The van der Waals surface area contributed by atoms with Crippen LogP contribution >= 0.6 is 31.9 Å². The van der Waals surface area contributed by atoms with Gasteiger partial charge in [-0.15, -0.1) is 0 Å². The molecule has 3 heteroatoms. The monoisotopic (exact) mass is 378 g/mol. The molecule has 1 N–H and O–H groups in total. The molecule has 0 radical (unpaired) electrons. The molecule has 0 unspecified atom stereocenters. The van der Waals surface area contributed by atoms with E-state index in [9.17, 15) is 0 Å². The van der Waals surface area contributed by atoms with Gasteiger partial charge in [0.15, 0.2) is 0 Å². The topological polar surface area (TPSA) is 20.2 Å². The van der Waals surface area contributed by atoms with Crippen LogP contribution in [0, 0.1) is 0 Å². The van der Waals surface area contributed by atoms with Crippen LogP contribution in [0.3, 0.4) is 0 Å². The number of aliphatic hydroxyl groups excluding tert-OH is 1. The van der Waals surface area contributed by atoms with Crippen molar-refractivity contribution in [3.63, 3.8) is 0 Å². The Morgan fingerprint density at radius 3 is 2.68 bits per heavy atom. The van der Waals surface area contributed by atoms with Gasteiger partial charge in [-0.25, -0.2) is 0 Å². The molecule has 1 aliphatic rings. The van der Waals surface area contributed by atoms with Gasteiger partial charge in [-0.05, 0) is 64.9 Å². The summed E-state index contributed by atoms with van der Waals surface area (Å²) in [5.41, 5.74) is 6.61. The van der Waals surface area contributed by atoms with Crippen molar-refractivity contribution in [1.82, 2.24) is 0 Å². The summed E-state index contributed by atoms with van der Waals surface area (Å²) < 4.78 is 2.23. The second-order valence-electron chi connectivity index (χ2n) is 4.62. The molecule has 3 rings (SSSR count). The third-order valence-electron chi connectivity index (χ3n) is 3.53. The number of fused-ring (bicyclic) bond motifs is 3. The highest BCUT2D eigenvalue weighted by Crippen LogP contribution is 2.41. The normalized spacial score (nSPS) is 12.7. The second kappa shape index (κ2) is 5.14. The van der Waals surface area contributed by atoms with Crippen LogP contribution in [0.15, 0.2) is 51.6 Å². The number of allylic oxidation sites excluding steroid dienone is 1. The van der Waals surface area contributed by atoms with Crippen molar-refractivity contribution in [3.8, 4) is 11.1 Å². The fourth-order valence-corrected chi connectivity index (χ4v) is 3.61. The largest absolute Gasteiger partial charge is 0.516 e. The fourth-order valence-electron chi connectivity index (χ4n) is 2.67. The molecule has 0 atom stereocenters. The van der Waals surface area contributed by atoms with Crippen molar-refractivity contribution in [2.24, 2.45) is 0 Å². The van der Waals surface area contributed by atoms with Gasteiger partial charge in [0.25, 0.3) is 0 Å². The molecule has 96 valence electrons. The van der Waals surface area contributed by atoms with Gasteiger partial charge in [-0.1, -0.05) is 44.0 Å². The van der Waals surface area contributed by atoms with Gasteiger partial charge in [0.1, 0.15) is 0 Å². The molecule has 0 aromatic heterocycles. The highest BCUT2D eigenvalue weighted by atomic mass is 79.9. The second-order valence-corrected chi connectivity index (χ2v) is 6.39. The lowest BCUT2D eigenvalue weighted by atomic mass is 9.99. The Hall–Kier alpha value is -1.06. The lowest BCUT2D eigenvalue weighted by Gasteiger charge is -2.09. The van der Waals surface area contributed by atoms with E-state index in [0.717, 1.165) is 28.0 Å². The highest BCUT2D eigenvalue weighted by Gasteiger charge is 2.22.